The van der Waals surface area contributed by atoms with Crippen LogP contribution in [0.5, 0.6) is 0 Å². The van der Waals surface area contributed by atoms with Gasteiger partial charge in [0, 0.05) is 22.0 Å². The van der Waals surface area contributed by atoms with Crippen LogP contribution in [0.1, 0.15) is 25.6 Å². The van der Waals surface area contributed by atoms with Gasteiger partial charge in [-0.05, 0) is 43.8 Å². The van der Waals surface area contributed by atoms with Gasteiger partial charge in [-0.15, -0.1) is 0 Å². The van der Waals surface area contributed by atoms with Gasteiger partial charge in [0.2, 0.25) is 0 Å². The molecule has 1 aromatic heterocycles. The topological polar surface area (TPSA) is 24.9 Å². The van der Waals surface area contributed by atoms with Crippen LogP contribution in [0.25, 0.3) is 0 Å². The maximum absolute atomic E-state index is 13.1. The standard InChI is InChI=1S/C15H16F2N2S/c1-3-18-10(2)15-7-5-12(9-19-15)20-11-4-6-13(16)14(17)8-11/h4-10,18H,3H2,1-2H3. The number of hydrogen-bond donors (Lipinski definition) is 1. The summed E-state index contributed by atoms with van der Waals surface area (Å²) in [5, 5.41) is 3.28. The number of halogens is 2. The summed E-state index contributed by atoms with van der Waals surface area (Å²) >= 11 is 1.35. The number of benzene rings is 1. The summed E-state index contributed by atoms with van der Waals surface area (Å²) in [4.78, 5) is 5.93. The van der Waals surface area contributed by atoms with E-state index in [9.17, 15) is 8.78 Å². The van der Waals surface area contributed by atoms with Crippen molar-refractivity contribution in [1.29, 1.82) is 0 Å². The predicted molar refractivity (Wildman–Crippen MR) is 76.8 cm³/mol. The Balaban J connectivity index is 2.08. The summed E-state index contributed by atoms with van der Waals surface area (Å²) in [5.41, 5.74) is 0.960. The highest BCUT2D eigenvalue weighted by atomic mass is 32.2. The highest BCUT2D eigenvalue weighted by molar-refractivity contribution is 7.99. The first-order chi connectivity index (χ1) is 9.60. The Hall–Kier alpha value is -1.46. The quantitative estimate of drug-likeness (QED) is 0.895. The summed E-state index contributed by atoms with van der Waals surface area (Å²) in [6.45, 7) is 4.98. The van der Waals surface area contributed by atoms with E-state index in [-0.39, 0.29) is 6.04 Å². The number of rotatable bonds is 5. The molecule has 0 aliphatic carbocycles. The van der Waals surface area contributed by atoms with Crippen LogP contribution in [0, 0.1) is 11.6 Å². The number of nitrogens with zero attached hydrogens (tertiary/aromatic N) is 1. The molecule has 2 nitrogen and oxygen atoms in total. The first kappa shape index (κ1) is 14.9. The molecular weight excluding hydrogens is 278 g/mol. The van der Waals surface area contributed by atoms with E-state index >= 15 is 0 Å². The maximum Gasteiger partial charge on any atom is 0.159 e. The fraction of sp³-hybridized carbons (Fsp3) is 0.267. The van der Waals surface area contributed by atoms with Crippen molar-refractivity contribution in [1.82, 2.24) is 10.3 Å². The first-order valence-electron chi connectivity index (χ1n) is 6.42. The van der Waals surface area contributed by atoms with Crippen LogP contribution in [-0.2, 0) is 0 Å². The highest BCUT2D eigenvalue weighted by Crippen LogP contribution is 2.28. The average Bonchev–Trinajstić information content (AvgIpc) is 2.44. The van der Waals surface area contributed by atoms with Gasteiger partial charge in [-0.1, -0.05) is 18.7 Å². The van der Waals surface area contributed by atoms with Crippen LogP contribution in [0.3, 0.4) is 0 Å². The monoisotopic (exact) mass is 294 g/mol. The van der Waals surface area contributed by atoms with Gasteiger partial charge < -0.3 is 5.32 Å². The van der Waals surface area contributed by atoms with Crippen LogP contribution >= 0.6 is 11.8 Å². The van der Waals surface area contributed by atoms with Crippen LogP contribution in [0.2, 0.25) is 0 Å². The molecule has 1 heterocycles. The van der Waals surface area contributed by atoms with Gasteiger partial charge in [0.1, 0.15) is 0 Å². The Kier molecular flexibility index (Phi) is 5.09. The molecule has 1 aromatic carbocycles. The number of nitrogens with one attached hydrogen (secondary N) is 1. The van der Waals surface area contributed by atoms with Crippen molar-refractivity contribution >= 4 is 11.8 Å². The fourth-order valence-corrected chi connectivity index (χ4v) is 2.61. The highest BCUT2D eigenvalue weighted by Gasteiger charge is 2.07. The van der Waals surface area contributed by atoms with Crippen molar-refractivity contribution in [2.75, 3.05) is 6.54 Å². The molecule has 20 heavy (non-hydrogen) atoms. The molecule has 2 aromatic rings. The number of hydrogen-bond acceptors (Lipinski definition) is 3. The average molecular weight is 294 g/mol. The molecule has 1 N–H and O–H groups in total. The van der Waals surface area contributed by atoms with E-state index in [1.165, 1.54) is 17.8 Å². The van der Waals surface area contributed by atoms with Gasteiger partial charge in [-0.3, -0.25) is 4.98 Å². The van der Waals surface area contributed by atoms with Crippen molar-refractivity contribution in [3.05, 3.63) is 53.9 Å². The zero-order chi connectivity index (χ0) is 14.5. The second kappa shape index (κ2) is 6.81. The van der Waals surface area contributed by atoms with Crippen LogP contribution < -0.4 is 5.32 Å². The number of aromatic nitrogens is 1. The second-order valence-corrected chi connectivity index (χ2v) is 5.52. The molecule has 2 rings (SSSR count). The van der Waals surface area contributed by atoms with Gasteiger partial charge in [0.25, 0.3) is 0 Å². The SMILES string of the molecule is CCNC(C)c1ccc(Sc2ccc(F)c(F)c2)cn1. The Morgan fingerprint density at radius 3 is 2.50 bits per heavy atom. The lowest BCUT2D eigenvalue weighted by molar-refractivity contribution is 0.506. The van der Waals surface area contributed by atoms with E-state index in [0.717, 1.165) is 23.2 Å². The largest absolute Gasteiger partial charge is 0.309 e. The third-order valence-corrected chi connectivity index (χ3v) is 3.81. The molecule has 0 radical (unpaired) electrons. The molecule has 0 aliphatic rings. The van der Waals surface area contributed by atoms with E-state index < -0.39 is 11.6 Å². The van der Waals surface area contributed by atoms with E-state index in [4.69, 9.17) is 0 Å². The lowest BCUT2D eigenvalue weighted by atomic mass is 10.2. The minimum Gasteiger partial charge on any atom is -0.309 e. The normalized spacial score (nSPS) is 12.4. The Morgan fingerprint density at radius 1 is 1.15 bits per heavy atom. The molecule has 0 fully saturated rings. The second-order valence-electron chi connectivity index (χ2n) is 4.38. The molecule has 1 unspecified atom stereocenters. The molecule has 0 amide bonds. The van der Waals surface area contributed by atoms with E-state index in [1.807, 2.05) is 26.0 Å². The van der Waals surface area contributed by atoms with E-state index in [1.54, 1.807) is 12.3 Å². The van der Waals surface area contributed by atoms with Gasteiger partial charge >= 0.3 is 0 Å². The van der Waals surface area contributed by atoms with Crippen molar-refractivity contribution in [2.45, 2.75) is 29.7 Å². The zero-order valence-corrected chi connectivity index (χ0v) is 12.2. The van der Waals surface area contributed by atoms with Gasteiger partial charge in [0.15, 0.2) is 11.6 Å². The molecule has 1 atom stereocenters. The van der Waals surface area contributed by atoms with Crippen molar-refractivity contribution in [3.63, 3.8) is 0 Å². The van der Waals surface area contributed by atoms with Crippen molar-refractivity contribution in [3.8, 4) is 0 Å². The molecular formula is C15H16F2N2S. The molecule has 0 bridgehead atoms. The van der Waals surface area contributed by atoms with Gasteiger partial charge in [0.05, 0.1) is 5.69 Å². The van der Waals surface area contributed by atoms with Crippen LogP contribution in [0.4, 0.5) is 8.78 Å². The smallest absolute Gasteiger partial charge is 0.159 e. The summed E-state index contributed by atoms with van der Waals surface area (Å²) in [7, 11) is 0. The van der Waals surface area contributed by atoms with E-state index in [2.05, 4.69) is 10.3 Å². The molecule has 5 heteroatoms. The summed E-state index contributed by atoms with van der Waals surface area (Å²) in [6.07, 6.45) is 1.75. The Labute approximate surface area is 121 Å². The molecule has 0 saturated heterocycles. The van der Waals surface area contributed by atoms with Crippen LogP contribution in [0.15, 0.2) is 46.3 Å². The molecule has 0 aliphatic heterocycles. The third kappa shape index (κ3) is 3.77. The summed E-state index contributed by atoms with van der Waals surface area (Å²) in [5.74, 6) is -1.66. The minimum atomic E-state index is -0.833. The molecule has 0 spiro atoms. The van der Waals surface area contributed by atoms with Crippen LogP contribution in [-0.4, -0.2) is 11.5 Å². The Morgan fingerprint density at radius 2 is 1.90 bits per heavy atom. The first-order valence-corrected chi connectivity index (χ1v) is 7.24. The van der Waals surface area contributed by atoms with Gasteiger partial charge in [-0.25, -0.2) is 8.78 Å². The predicted octanol–water partition coefficient (Wildman–Crippen LogP) is 4.18. The molecule has 0 saturated carbocycles. The lowest BCUT2D eigenvalue weighted by Crippen LogP contribution is -2.18. The summed E-state index contributed by atoms with van der Waals surface area (Å²) < 4.78 is 26.0. The van der Waals surface area contributed by atoms with Crippen molar-refractivity contribution in [2.24, 2.45) is 0 Å². The molecule has 106 valence electrons. The van der Waals surface area contributed by atoms with Crippen molar-refractivity contribution < 1.29 is 8.78 Å². The number of pyridine rings is 1. The minimum absolute atomic E-state index is 0.197. The fourth-order valence-electron chi connectivity index (χ4n) is 1.80. The maximum atomic E-state index is 13.1. The Bertz CT molecular complexity index is 573. The third-order valence-electron chi connectivity index (χ3n) is 2.84. The lowest BCUT2D eigenvalue weighted by Gasteiger charge is -2.11. The van der Waals surface area contributed by atoms with E-state index in [0.29, 0.717) is 4.90 Å². The zero-order valence-electron chi connectivity index (χ0n) is 11.4. The summed E-state index contributed by atoms with van der Waals surface area (Å²) in [6, 6.07) is 7.94. The van der Waals surface area contributed by atoms with Gasteiger partial charge in [-0.2, -0.15) is 0 Å².